The summed E-state index contributed by atoms with van der Waals surface area (Å²) in [6.07, 6.45) is 1.89. The molecule has 1 fully saturated rings. The Labute approximate surface area is 135 Å². The fourth-order valence-electron chi connectivity index (χ4n) is 2.71. The van der Waals surface area contributed by atoms with Gasteiger partial charge >= 0.3 is 6.09 Å². The van der Waals surface area contributed by atoms with E-state index in [0.717, 1.165) is 30.4 Å². The Morgan fingerprint density at radius 3 is 2.33 bits per heavy atom. The van der Waals surface area contributed by atoms with Crippen LogP contribution in [0.1, 0.15) is 39.7 Å². The third kappa shape index (κ3) is 4.22. The maximum atomic E-state index is 12.0. The number of carbonyl (C=O) groups is 1. The van der Waals surface area contributed by atoms with E-state index >= 15 is 0 Å². The van der Waals surface area contributed by atoms with Crippen LogP contribution < -0.4 is 0 Å². The predicted molar refractivity (Wildman–Crippen MR) is 88.4 cm³/mol. The van der Waals surface area contributed by atoms with Gasteiger partial charge in [-0.25, -0.2) is 4.79 Å². The van der Waals surface area contributed by atoms with E-state index in [1.165, 1.54) is 5.56 Å². The van der Waals surface area contributed by atoms with Crippen LogP contribution in [0.25, 0.3) is 0 Å². The second kappa shape index (κ2) is 5.99. The molecule has 0 aromatic heterocycles. The molecule has 1 aliphatic heterocycles. The van der Waals surface area contributed by atoms with Gasteiger partial charge < -0.3 is 9.64 Å². The van der Waals surface area contributed by atoms with Crippen molar-refractivity contribution in [2.75, 3.05) is 13.1 Å². The van der Waals surface area contributed by atoms with Crippen LogP contribution in [-0.4, -0.2) is 29.7 Å². The zero-order valence-electron chi connectivity index (χ0n) is 13.3. The Balaban J connectivity index is 1.94. The molecule has 21 heavy (non-hydrogen) atoms. The fourth-order valence-corrected chi connectivity index (χ4v) is 2.98. The summed E-state index contributed by atoms with van der Waals surface area (Å²) in [6.45, 7) is 9.48. The molecule has 0 unspecified atom stereocenters. The van der Waals surface area contributed by atoms with Gasteiger partial charge in [-0.3, -0.25) is 0 Å². The molecule has 0 aliphatic carbocycles. The van der Waals surface area contributed by atoms with Crippen LogP contribution in [0.2, 0.25) is 0 Å². The highest BCUT2D eigenvalue weighted by Gasteiger charge is 2.45. The first kappa shape index (κ1) is 16.3. The Bertz CT molecular complexity index is 499. The van der Waals surface area contributed by atoms with Gasteiger partial charge in [0, 0.05) is 23.0 Å². The minimum atomic E-state index is -0.423. The number of halogens is 1. The lowest BCUT2D eigenvalue weighted by atomic mass is 9.73. The Morgan fingerprint density at radius 2 is 1.86 bits per heavy atom. The highest BCUT2D eigenvalue weighted by atomic mass is 79.9. The second-order valence-corrected chi connectivity index (χ2v) is 7.91. The van der Waals surface area contributed by atoms with Gasteiger partial charge in [0.15, 0.2) is 0 Å². The zero-order valence-corrected chi connectivity index (χ0v) is 14.9. The molecule has 0 atom stereocenters. The van der Waals surface area contributed by atoms with E-state index in [0.29, 0.717) is 0 Å². The summed E-state index contributed by atoms with van der Waals surface area (Å²) >= 11 is 3.46. The average Bonchev–Trinajstić information content (AvgIpc) is 2.33. The molecule has 1 heterocycles. The highest BCUT2D eigenvalue weighted by Crippen LogP contribution is 2.38. The quantitative estimate of drug-likeness (QED) is 0.792. The summed E-state index contributed by atoms with van der Waals surface area (Å²) in [5, 5.41) is 0. The Morgan fingerprint density at radius 1 is 1.29 bits per heavy atom. The molecule has 1 amide bonds. The number of amides is 1. The zero-order chi connectivity index (χ0) is 15.7. The first-order valence-corrected chi connectivity index (χ1v) is 8.25. The van der Waals surface area contributed by atoms with Crippen LogP contribution in [0.15, 0.2) is 28.7 Å². The third-order valence-corrected chi connectivity index (χ3v) is 4.48. The van der Waals surface area contributed by atoms with E-state index in [9.17, 15) is 4.79 Å². The van der Waals surface area contributed by atoms with Gasteiger partial charge in [0.25, 0.3) is 0 Å². The molecule has 0 bridgehead atoms. The number of likely N-dealkylation sites (tertiary alicyclic amines) is 1. The van der Waals surface area contributed by atoms with Crippen molar-refractivity contribution in [1.29, 1.82) is 0 Å². The number of nitrogens with zero attached hydrogens (tertiary/aromatic N) is 1. The lowest BCUT2D eigenvalue weighted by molar-refractivity contribution is -0.0358. The topological polar surface area (TPSA) is 29.5 Å². The first-order valence-electron chi connectivity index (χ1n) is 7.45. The van der Waals surface area contributed by atoms with Gasteiger partial charge in [0.1, 0.15) is 5.60 Å². The van der Waals surface area contributed by atoms with Crippen molar-refractivity contribution in [2.45, 2.75) is 46.1 Å². The summed E-state index contributed by atoms with van der Waals surface area (Å²) in [4.78, 5) is 13.9. The molecule has 0 saturated carbocycles. The molecule has 0 spiro atoms. The summed E-state index contributed by atoms with van der Waals surface area (Å²) < 4.78 is 6.52. The number of hydrogen-bond donors (Lipinski definition) is 0. The molecule has 116 valence electrons. The molecule has 1 aromatic carbocycles. The standard InChI is InChI=1S/C17H24BrNO2/c1-5-17(10-13-6-8-14(18)9-7-13)11-19(12-17)15(20)21-16(2,3)4/h6-9H,5,10-12H2,1-4H3. The fraction of sp³-hybridized carbons (Fsp3) is 0.588. The minimum absolute atomic E-state index is 0.192. The van der Waals surface area contributed by atoms with Crippen LogP contribution in [0.3, 0.4) is 0 Å². The van der Waals surface area contributed by atoms with Crippen molar-refractivity contribution < 1.29 is 9.53 Å². The van der Waals surface area contributed by atoms with Crippen molar-refractivity contribution in [1.82, 2.24) is 4.90 Å². The van der Waals surface area contributed by atoms with E-state index in [1.807, 2.05) is 25.7 Å². The van der Waals surface area contributed by atoms with Crippen LogP contribution in [0.4, 0.5) is 4.79 Å². The van der Waals surface area contributed by atoms with Crippen molar-refractivity contribution in [3.05, 3.63) is 34.3 Å². The van der Waals surface area contributed by atoms with Crippen LogP contribution in [0, 0.1) is 5.41 Å². The van der Waals surface area contributed by atoms with Crippen molar-refractivity contribution >= 4 is 22.0 Å². The number of rotatable bonds is 3. The lowest BCUT2D eigenvalue weighted by Gasteiger charge is -2.50. The highest BCUT2D eigenvalue weighted by molar-refractivity contribution is 9.10. The molecule has 4 heteroatoms. The van der Waals surface area contributed by atoms with Gasteiger partial charge in [-0.2, -0.15) is 0 Å². The van der Waals surface area contributed by atoms with Gasteiger partial charge in [-0.1, -0.05) is 35.0 Å². The molecule has 1 saturated heterocycles. The predicted octanol–water partition coefficient (Wildman–Crippen LogP) is 4.64. The maximum absolute atomic E-state index is 12.0. The number of benzene rings is 1. The molecule has 0 N–H and O–H groups in total. The Hall–Kier alpha value is -1.03. The van der Waals surface area contributed by atoms with Gasteiger partial charge in [0.2, 0.25) is 0 Å². The largest absolute Gasteiger partial charge is 0.444 e. The SMILES string of the molecule is CCC1(Cc2ccc(Br)cc2)CN(C(=O)OC(C)(C)C)C1. The van der Waals surface area contributed by atoms with E-state index in [1.54, 1.807) is 0 Å². The van der Waals surface area contributed by atoms with E-state index in [4.69, 9.17) is 4.74 Å². The lowest BCUT2D eigenvalue weighted by Crippen LogP contribution is -2.59. The van der Waals surface area contributed by atoms with E-state index in [2.05, 4.69) is 47.1 Å². The smallest absolute Gasteiger partial charge is 0.410 e. The van der Waals surface area contributed by atoms with Gasteiger partial charge in [-0.05, 0) is 51.3 Å². The molecule has 2 rings (SSSR count). The summed E-state index contributed by atoms with van der Waals surface area (Å²) in [7, 11) is 0. The summed E-state index contributed by atoms with van der Waals surface area (Å²) in [5.41, 5.74) is 1.10. The minimum Gasteiger partial charge on any atom is -0.444 e. The monoisotopic (exact) mass is 353 g/mol. The molecule has 1 aliphatic rings. The van der Waals surface area contributed by atoms with Crippen molar-refractivity contribution in [3.63, 3.8) is 0 Å². The van der Waals surface area contributed by atoms with E-state index < -0.39 is 5.60 Å². The molecule has 0 radical (unpaired) electrons. The number of ether oxygens (including phenoxy) is 1. The van der Waals surface area contributed by atoms with Crippen molar-refractivity contribution in [2.24, 2.45) is 5.41 Å². The maximum Gasteiger partial charge on any atom is 0.410 e. The third-order valence-electron chi connectivity index (χ3n) is 3.95. The van der Waals surface area contributed by atoms with E-state index in [-0.39, 0.29) is 11.5 Å². The number of hydrogen-bond acceptors (Lipinski definition) is 2. The molecular weight excluding hydrogens is 330 g/mol. The molecule has 3 nitrogen and oxygen atoms in total. The van der Waals surface area contributed by atoms with Crippen LogP contribution in [-0.2, 0) is 11.2 Å². The first-order chi connectivity index (χ1) is 9.73. The Kier molecular flexibility index (Phi) is 4.66. The molecular formula is C17H24BrNO2. The van der Waals surface area contributed by atoms with Gasteiger partial charge in [-0.15, -0.1) is 0 Å². The average molecular weight is 354 g/mol. The molecule has 1 aromatic rings. The summed E-state index contributed by atoms with van der Waals surface area (Å²) in [5.74, 6) is 0. The second-order valence-electron chi connectivity index (χ2n) is 6.99. The van der Waals surface area contributed by atoms with Gasteiger partial charge in [0.05, 0.1) is 0 Å². The summed E-state index contributed by atoms with van der Waals surface area (Å²) in [6, 6.07) is 8.45. The van der Waals surface area contributed by atoms with Crippen LogP contribution in [0.5, 0.6) is 0 Å². The van der Waals surface area contributed by atoms with Crippen molar-refractivity contribution in [3.8, 4) is 0 Å². The number of carbonyl (C=O) groups excluding carboxylic acids is 1. The normalized spacial score (nSPS) is 17.3. The van der Waals surface area contributed by atoms with Crippen LogP contribution >= 0.6 is 15.9 Å².